The molecule has 3 heteroatoms. The van der Waals surface area contributed by atoms with Gasteiger partial charge in [0, 0.05) is 12.7 Å². The highest BCUT2D eigenvalue weighted by atomic mass is 15.1. The van der Waals surface area contributed by atoms with Gasteiger partial charge in [0.2, 0.25) is 0 Å². The maximum absolute atomic E-state index is 5.46. The van der Waals surface area contributed by atoms with Crippen molar-refractivity contribution in [2.24, 2.45) is 5.73 Å². The normalized spacial score (nSPS) is 10.9. The lowest BCUT2D eigenvalue weighted by Crippen LogP contribution is -2.21. The van der Waals surface area contributed by atoms with Crippen molar-refractivity contribution >= 4 is 0 Å². The summed E-state index contributed by atoms with van der Waals surface area (Å²) in [7, 11) is 2.13. The molecule has 1 aromatic heterocycles. The Labute approximate surface area is 92.3 Å². The van der Waals surface area contributed by atoms with Gasteiger partial charge in [-0.1, -0.05) is 6.07 Å². The predicted molar refractivity (Wildman–Crippen MR) is 63.6 cm³/mol. The van der Waals surface area contributed by atoms with E-state index in [0.29, 0.717) is 0 Å². The Kier molecular flexibility index (Phi) is 5.29. The minimum atomic E-state index is 0.788. The summed E-state index contributed by atoms with van der Waals surface area (Å²) in [5.41, 5.74) is 7.90. The molecule has 0 bridgehead atoms. The molecule has 0 amide bonds. The van der Waals surface area contributed by atoms with E-state index in [1.807, 2.05) is 12.3 Å². The van der Waals surface area contributed by atoms with Crippen LogP contribution < -0.4 is 5.73 Å². The van der Waals surface area contributed by atoms with E-state index in [-0.39, 0.29) is 0 Å². The van der Waals surface area contributed by atoms with Gasteiger partial charge in [-0.15, -0.1) is 0 Å². The van der Waals surface area contributed by atoms with Gasteiger partial charge in [0.05, 0.1) is 5.69 Å². The lowest BCUT2D eigenvalue weighted by molar-refractivity contribution is 0.315. The van der Waals surface area contributed by atoms with E-state index in [9.17, 15) is 0 Å². The molecule has 1 aromatic rings. The van der Waals surface area contributed by atoms with Gasteiger partial charge in [-0.3, -0.25) is 4.98 Å². The molecular formula is C12H21N3. The highest BCUT2D eigenvalue weighted by Crippen LogP contribution is 2.06. The monoisotopic (exact) mass is 207 g/mol. The molecular weight excluding hydrogens is 186 g/mol. The van der Waals surface area contributed by atoms with E-state index < -0.39 is 0 Å². The molecule has 0 aliphatic heterocycles. The Balaban J connectivity index is 2.37. The average Bonchev–Trinajstić information content (AvgIpc) is 2.22. The Morgan fingerprint density at radius 3 is 2.87 bits per heavy atom. The number of nitrogens with two attached hydrogens (primary N) is 1. The number of nitrogens with zero attached hydrogens (tertiary/aromatic N) is 2. The first-order chi connectivity index (χ1) is 7.24. The number of aryl methyl sites for hydroxylation is 1. The van der Waals surface area contributed by atoms with E-state index in [0.717, 1.165) is 26.1 Å². The fraction of sp³-hybridized carbons (Fsp3) is 0.583. The lowest BCUT2D eigenvalue weighted by atomic mass is 10.2. The van der Waals surface area contributed by atoms with Crippen molar-refractivity contribution in [1.82, 2.24) is 9.88 Å². The van der Waals surface area contributed by atoms with E-state index >= 15 is 0 Å². The van der Waals surface area contributed by atoms with Gasteiger partial charge in [0.1, 0.15) is 0 Å². The van der Waals surface area contributed by atoms with Crippen LogP contribution in [0.1, 0.15) is 24.1 Å². The van der Waals surface area contributed by atoms with E-state index in [1.54, 1.807) is 0 Å². The fourth-order valence-corrected chi connectivity index (χ4v) is 1.54. The van der Waals surface area contributed by atoms with Crippen molar-refractivity contribution in [2.75, 3.05) is 20.1 Å². The van der Waals surface area contributed by atoms with Crippen LogP contribution in [0.5, 0.6) is 0 Å². The lowest BCUT2D eigenvalue weighted by Gasteiger charge is -2.16. The molecule has 0 atom stereocenters. The molecule has 3 nitrogen and oxygen atoms in total. The molecule has 1 heterocycles. The molecule has 0 aromatic carbocycles. The summed E-state index contributed by atoms with van der Waals surface area (Å²) < 4.78 is 0. The largest absolute Gasteiger partial charge is 0.330 e. The van der Waals surface area contributed by atoms with Crippen LogP contribution in [0.15, 0.2) is 18.3 Å². The topological polar surface area (TPSA) is 42.2 Å². The predicted octanol–water partition coefficient (Wildman–Crippen LogP) is 1.56. The van der Waals surface area contributed by atoms with Crippen LogP contribution in [0.25, 0.3) is 0 Å². The molecule has 1 rings (SSSR count). The van der Waals surface area contributed by atoms with Crippen LogP contribution in [0.4, 0.5) is 0 Å². The summed E-state index contributed by atoms with van der Waals surface area (Å²) in [5, 5.41) is 0. The summed E-state index contributed by atoms with van der Waals surface area (Å²) in [6.07, 6.45) is 4.13. The summed E-state index contributed by atoms with van der Waals surface area (Å²) in [6.45, 7) is 4.91. The minimum absolute atomic E-state index is 0.788. The van der Waals surface area contributed by atoms with Crippen LogP contribution in [-0.4, -0.2) is 30.0 Å². The molecule has 0 fully saturated rings. The summed E-state index contributed by atoms with van der Waals surface area (Å²) in [5.74, 6) is 0. The zero-order valence-corrected chi connectivity index (χ0v) is 9.74. The number of unbranched alkanes of at least 4 members (excludes halogenated alkanes) is 1. The molecule has 0 aliphatic carbocycles. The second-order valence-corrected chi connectivity index (χ2v) is 4.00. The maximum Gasteiger partial charge on any atom is 0.0572 e. The highest BCUT2D eigenvalue weighted by molar-refractivity contribution is 5.17. The Morgan fingerprint density at radius 2 is 2.20 bits per heavy atom. The quantitative estimate of drug-likeness (QED) is 0.720. The van der Waals surface area contributed by atoms with Gasteiger partial charge in [-0.2, -0.15) is 0 Å². The third-order valence-corrected chi connectivity index (χ3v) is 2.53. The molecule has 2 N–H and O–H groups in total. The molecule has 0 radical (unpaired) electrons. The van der Waals surface area contributed by atoms with Gasteiger partial charge in [-0.05, 0) is 51.5 Å². The first kappa shape index (κ1) is 12.1. The summed E-state index contributed by atoms with van der Waals surface area (Å²) in [4.78, 5) is 6.68. The van der Waals surface area contributed by atoms with Crippen molar-refractivity contribution in [2.45, 2.75) is 26.3 Å². The molecule has 0 aliphatic rings. The second-order valence-electron chi connectivity index (χ2n) is 4.00. The van der Waals surface area contributed by atoms with E-state index in [4.69, 9.17) is 5.73 Å². The van der Waals surface area contributed by atoms with Crippen molar-refractivity contribution in [3.8, 4) is 0 Å². The number of rotatable bonds is 6. The van der Waals surface area contributed by atoms with Gasteiger partial charge in [-0.25, -0.2) is 0 Å². The standard InChI is InChI=1S/C12H21N3/c1-11-6-5-8-14-12(11)10-15(2)9-4-3-7-13/h5-6,8H,3-4,7,9-10,13H2,1-2H3. The number of hydrogen-bond acceptors (Lipinski definition) is 3. The van der Waals surface area contributed by atoms with E-state index in [1.165, 1.54) is 17.7 Å². The van der Waals surface area contributed by atoms with Crippen LogP contribution in [0.3, 0.4) is 0 Å². The fourth-order valence-electron chi connectivity index (χ4n) is 1.54. The molecule has 0 saturated carbocycles. The minimum Gasteiger partial charge on any atom is -0.330 e. The van der Waals surface area contributed by atoms with Gasteiger partial charge in [0.15, 0.2) is 0 Å². The third kappa shape index (κ3) is 4.40. The number of hydrogen-bond donors (Lipinski definition) is 1. The Bertz CT molecular complexity index is 286. The first-order valence-corrected chi connectivity index (χ1v) is 5.53. The van der Waals surface area contributed by atoms with Crippen LogP contribution in [-0.2, 0) is 6.54 Å². The van der Waals surface area contributed by atoms with Crippen molar-refractivity contribution in [3.05, 3.63) is 29.6 Å². The molecule has 15 heavy (non-hydrogen) atoms. The molecule has 0 saturated heterocycles. The van der Waals surface area contributed by atoms with Gasteiger partial charge < -0.3 is 10.6 Å². The van der Waals surface area contributed by atoms with Gasteiger partial charge >= 0.3 is 0 Å². The molecule has 0 unspecified atom stereocenters. The van der Waals surface area contributed by atoms with Crippen molar-refractivity contribution in [1.29, 1.82) is 0 Å². The molecule has 0 spiro atoms. The van der Waals surface area contributed by atoms with Gasteiger partial charge in [0.25, 0.3) is 0 Å². The zero-order valence-electron chi connectivity index (χ0n) is 9.74. The van der Waals surface area contributed by atoms with Crippen LogP contribution in [0, 0.1) is 6.92 Å². The first-order valence-electron chi connectivity index (χ1n) is 5.53. The number of pyridine rings is 1. The van der Waals surface area contributed by atoms with Crippen molar-refractivity contribution < 1.29 is 0 Å². The Hall–Kier alpha value is -0.930. The Morgan fingerprint density at radius 1 is 1.40 bits per heavy atom. The smallest absolute Gasteiger partial charge is 0.0572 e. The highest BCUT2D eigenvalue weighted by Gasteiger charge is 2.03. The average molecular weight is 207 g/mol. The SMILES string of the molecule is Cc1cccnc1CN(C)CCCCN. The van der Waals surface area contributed by atoms with E-state index in [2.05, 4.69) is 29.9 Å². The summed E-state index contributed by atoms with van der Waals surface area (Å²) >= 11 is 0. The van der Waals surface area contributed by atoms with Crippen molar-refractivity contribution in [3.63, 3.8) is 0 Å². The zero-order chi connectivity index (χ0) is 11.1. The maximum atomic E-state index is 5.46. The number of aromatic nitrogens is 1. The van der Waals surface area contributed by atoms with Crippen LogP contribution >= 0.6 is 0 Å². The second kappa shape index (κ2) is 6.53. The molecule has 84 valence electrons. The van der Waals surface area contributed by atoms with Crippen LogP contribution in [0.2, 0.25) is 0 Å². The summed E-state index contributed by atoms with van der Waals surface area (Å²) in [6, 6.07) is 4.09. The third-order valence-electron chi connectivity index (χ3n) is 2.53.